The van der Waals surface area contributed by atoms with Gasteiger partial charge in [-0.2, -0.15) is 0 Å². The number of aliphatic hydroxyl groups excluding tert-OH is 3. The fraction of sp³-hybridized carbons (Fsp3) is 0.833. The lowest BCUT2D eigenvalue weighted by molar-refractivity contribution is -0.361. The number of carboxylic acids is 2. The van der Waals surface area contributed by atoms with Crippen LogP contribution in [0.5, 0.6) is 0 Å². The molecule has 0 saturated carbocycles. The van der Waals surface area contributed by atoms with Gasteiger partial charge in [0.1, 0.15) is 24.4 Å². The van der Waals surface area contributed by atoms with Crippen LogP contribution in [0.15, 0.2) is 0 Å². The Balaban J connectivity index is 2.29. The molecule has 6 N–H and O–H groups in total. The second-order valence-corrected chi connectivity index (χ2v) is 5.65. The van der Waals surface area contributed by atoms with Crippen LogP contribution in [-0.4, -0.2) is 91.3 Å². The average molecular weight is 338 g/mol. The largest absolute Gasteiger partial charge is 0.477 e. The Morgan fingerprint density at radius 2 is 1.61 bits per heavy atom. The van der Waals surface area contributed by atoms with Crippen molar-refractivity contribution < 1.29 is 54.4 Å². The summed E-state index contributed by atoms with van der Waals surface area (Å²) in [5, 5.41) is 57.6. The number of hydrogen-bond donors (Lipinski definition) is 6. The van der Waals surface area contributed by atoms with E-state index in [9.17, 15) is 30.0 Å². The highest BCUT2D eigenvalue weighted by atomic mass is 16.8. The lowest BCUT2D eigenvalue weighted by atomic mass is 9.90. The number of rotatable bonds is 3. The molecular formula is C12H18O11. The van der Waals surface area contributed by atoms with E-state index in [0.717, 1.165) is 6.92 Å². The topological polar surface area (TPSA) is 183 Å². The zero-order chi connectivity index (χ0) is 17.6. The molecule has 0 amide bonds. The Hall–Kier alpha value is -1.34. The highest BCUT2D eigenvalue weighted by Gasteiger charge is 2.57. The second kappa shape index (κ2) is 5.94. The average Bonchev–Trinajstić information content (AvgIpc) is 2.45. The molecule has 0 aromatic rings. The van der Waals surface area contributed by atoms with Crippen LogP contribution in [0.1, 0.15) is 13.3 Å². The summed E-state index contributed by atoms with van der Waals surface area (Å²) in [6.45, 7) is 0.547. The van der Waals surface area contributed by atoms with Gasteiger partial charge in [-0.3, -0.25) is 0 Å². The Morgan fingerprint density at radius 3 is 2.13 bits per heavy atom. The van der Waals surface area contributed by atoms with Crippen molar-refractivity contribution in [2.45, 2.75) is 55.4 Å². The van der Waals surface area contributed by atoms with E-state index in [0.29, 0.717) is 0 Å². The summed E-state index contributed by atoms with van der Waals surface area (Å²) in [6, 6.07) is 0. The van der Waals surface area contributed by atoms with Gasteiger partial charge in [-0.05, 0) is 0 Å². The molecule has 2 fully saturated rings. The van der Waals surface area contributed by atoms with Gasteiger partial charge in [-0.1, -0.05) is 0 Å². The molecule has 23 heavy (non-hydrogen) atoms. The molecule has 2 aliphatic heterocycles. The van der Waals surface area contributed by atoms with Crippen molar-refractivity contribution in [1.82, 2.24) is 0 Å². The molecule has 2 heterocycles. The van der Waals surface area contributed by atoms with Gasteiger partial charge >= 0.3 is 11.9 Å². The third-order valence-electron chi connectivity index (χ3n) is 3.86. The van der Waals surface area contributed by atoms with Gasteiger partial charge in [-0.15, -0.1) is 0 Å². The van der Waals surface area contributed by atoms with Crippen molar-refractivity contribution in [3.05, 3.63) is 0 Å². The highest BCUT2D eigenvalue weighted by molar-refractivity contribution is 5.76. The van der Waals surface area contributed by atoms with Crippen LogP contribution < -0.4 is 0 Å². The lowest BCUT2D eigenvalue weighted by Gasteiger charge is -2.47. The number of hydrogen-bond acceptors (Lipinski definition) is 9. The minimum Gasteiger partial charge on any atom is -0.477 e. The smallest absolute Gasteiger partial charge is 0.364 e. The van der Waals surface area contributed by atoms with Crippen LogP contribution in [0.3, 0.4) is 0 Å². The van der Waals surface area contributed by atoms with Crippen molar-refractivity contribution in [2.24, 2.45) is 0 Å². The normalized spacial score (nSPS) is 48.0. The summed E-state index contributed by atoms with van der Waals surface area (Å²) in [4.78, 5) is 22.2. The molecule has 2 rings (SSSR count). The van der Waals surface area contributed by atoms with Gasteiger partial charge in [-0.25, -0.2) is 9.59 Å². The van der Waals surface area contributed by atoms with Crippen LogP contribution in [-0.2, 0) is 23.8 Å². The number of ether oxygens (including phenoxy) is 3. The summed E-state index contributed by atoms with van der Waals surface area (Å²) < 4.78 is 14.9. The van der Waals surface area contributed by atoms with Crippen molar-refractivity contribution in [1.29, 1.82) is 0 Å². The first kappa shape index (κ1) is 18.0. The molecule has 0 aliphatic carbocycles. The molecule has 1 unspecified atom stereocenters. The van der Waals surface area contributed by atoms with E-state index in [1.54, 1.807) is 0 Å². The SMILES string of the molecule is C[C@@]1(C(=O)O)OC[C@@H](O)[C@H]([C@@H]2OC(O)(C(=O)O)C[C@H](O)[C@H]2O)O1. The molecule has 11 nitrogen and oxygen atoms in total. The molecule has 2 aliphatic rings. The van der Waals surface area contributed by atoms with Crippen LogP contribution in [0.2, 0.25) is 0 Å². The van der Waals surface area contributed by atoms with Crippen LogP contribution in [0.4, 0.5) is 0 Å². The van der Waals surface area contributed by atoms with Gasteiger partial charge in [0.05, 0.1) is 12.7 Å². The predicted octanol–water partition coefficient (Wildman–Crippen LogP) is -3.15. The van der Waals surface area contributed by atoms with E-state index in [1.807, 2.05) is 0 Å². The third kappa shape index (κ3) is 3.17. The summed E-state index contributed by atoms with van der Waals surface area (Å²) in [7, 11) is 0. The van der Waals surface area contributed by atoms with Crippen LogP contribution in [0, 0.1) is 0 Å². The van der Waals surface area contributed by atoms with Crippen LogP contribution >= 0.6 is 0 Å². The van der Waals surface area contributed by atoms with E-state index in [1.165, 1.54) is 0 Å². The molecule has 0 aromatic heterocycles. The van der Waals surface area contributed by atoms with E-state index < -0.39 is 67.1 Å². The summed E-state index contributed by atoms with van der Waals surface area (Å²) in [6.07, 6.45) is -8.95. The van der Waals surface area contributed by atoms with Gasteiger partial charge in [0.25, 0.3) is 11.6 Å². The summed E-state index contributed by atoms with van der Waals surface area (Å²) >= 11 is 0. The first-order chi connectivity index (χ1) is 10.5. The summed E-state index contributed by atoms with van der Waals surface area (Å²) in [5.41, 5.74) is 0. The maximum atomic E-state index is 11.2. The van der Waals surface area contributed by atoms with Gasteiger partial charge in [0.2, 0.25) is 0 Å². The van der Waals surface area contributed by atoms with Crippen molar-refractivity contribution >= 4 is 11.9 Å². The Labute approximate surface area is 129 Å². The molecule has 11 heteroatoms. The number of carbonyl (C=O) groups is 2. The predicted molar refractivity (Wildman–Crippen MR) is 67.0 cm³/mol. The minimum absolute atomic E-state index is 0.498. The zero-order valence-electron chi connectivity index (χ0n) is 12.0. The van der Waals surface area contributed by atoms with Crippen molar-refractivity contribution in [3.8, 4) is 0 Å². The van der Waals surface area contributed by atoms with Crippen molar-refractivity contribution in [2.75, 3.05) is 6.61 Å². The first-order valence-corrected chi connectivity index (χ1v) is 6.73. The Bertz CT molecular complexity index is 495. The second-order valence-electron chi connectivity index (χ2n) is 5.65. The molecule has 0 spiro atoms. The maximum absolute atomic E-state index is 11.2. The van der Waals surface area contributed by atoms with Gasteiger partial charge in [0, 0.05) is 13.3 Å². The van der Waals surface area contributed by atoms with E-state index in [4.69, 9.17) is 24.4 Å². The maximum Gasteiger partial charge on any atom is 0.364 e. The molecule has 0 radical (unpaired) electrons. The number of aliphatic hydroxyl groups is 4. The highest BCUT2D eigenvalue weighted by Crippen LogP contribution is 2.35. The molecule has 0 aromatic carbocycles. The van der Waals surface area contributed by atoms with E-state index >= 15 is 0 Å². The fourth-order valence-corrected chi connectivity index (χ4v) is 2.47. The van der Waals surface area contributed by atoms with Gasteiger partial charge in [0.15, 0.2) is 0 Å². The molecule has 7 atom stereocenters. The third-order valence-corrected chi connectivity index (χ3v) is 3.86. The Kier molecular flexibility index (Phi) is 4.65. The standard InChI is InChI=1S/C12H18O11/c1-11(9(16)17)21-3-5(14)7(22-11)8-6(15)4(13)2-12(20,23-8)10(18)19/h4-8,13-15,20H,2-3H2,1H3,(H,16,17)(H,18,19)/t4-,5+,6+,7+,8+,11+,12?/m0/s1. The summed E-state index contributed by atoms with van der Waals surface area (Å²) in [5.74, 6) is -8.31. The monoisotopic (exact) mass is 338 g/mol. The van der Waals surface area contributed by atoms with Crippen molar-refractivity contribution in [3.63, 3.8) is 0 Å². The fourth-order valence-electron chi connectivity index (χ4n) is 2.47. The minimum atomic E-state index is -2.82. The van der Waals surface area contributed by atoms with Crippen LogP contribution in [0.25, 0.3) is 0 Å². The van der Waals surface area contributed by atoms with E-state index in [2.05, 4.69) is 0 Å². The molecular weight excluding hydrogens is 320 g/mol. The quantitative estimate of drug-likeness (QED) is 0.305. The molecule has 0 bridgehead atoms. The molecule has 2 saturated heterocycles. The number of carboxylic acid groups (broad SMARTS) is 2. The zero-order valence-corrected chi connectivity index (χ0v) is 12.0. The van der Waals surface area contributed by atoms with E-state index in [-0.39, 0.29) is 0 Å². The first-order valence-electron chi connectivity index (χ1n) is 6.73. The molecule has 132 valence electrons. The van der Waals surface area contributed by atoms with Gasteiger partial charge < -0.3 is 44.8 Å². The Morgan fingerprint density at radius 1 is 1.00 bits per heavy atom. The number of aliphatic carboxylic acids is 2. The lowest BCUT2D eigenvalue weighted by Crippen LogP contribution is -2.67.